The second kappa shape index (κ2) is 9.20. The molecular formula is C22H22F3N3O3. The van der Waals surface area contributed by atoms with Crippen LogP contribution in [-0.2, 0) is 6.18 Å². The molecule has 3 aromatic rings. The van der Waals surface area contributed by atoms with Crippen LogP contribution in [-0.4, -0.2) is 40.0 Å². The molecule has 1 atom stereocenters. The van der Waals surface area contributed by atoms with Crippen molar-refractivity contribution in [1.29, 1.82) is 0 Å². The molecule has 1 amide bonds. The van der Waals surface area contributed by atoms with E-state index in [9.17, 15) is 18.0 Å². The Bertz CT molecular complexity index is 1030. The molecule has 31 heavy (non-hydrogen) atoms. The van der Waals surface area contributed by atoms with Gasteiger partial charge in [-0.2, -0.15) is 13.2 Å². The summed E-state index contributed by atoms with van der Waals surface area (Å²) in [5, 5.41) is 0. The Balaban J connectivity index is 1.72. The Kier molecular flexibility index (Phi) is 6.62. The van der Waals surface area contributed by atoms with Crippen LogP contribution in [0.5, 0.6) is 5.88 Å². The summed E-state index contributed by atoms with van der Waals surface area (Å²) in [6.07, 6.45) is -2.17. The fraction of sp³-hybridized carbons (Fsp3) is 0.318. The predicted octanol–water partition coefficient (Wildman–Crippen LogP) is 4.99. The molecule has 0 aliphatic rings. The number of pyridine rings is 1. The van der Waals surface area contributed by atoms with E-state index in [0.717, 1.165) is 18.3 Å². The van der Waals surface area contributed by atoms with Crippen molar-refractivity contribution in [2.75, 3.05) is 13.2 Å². The first-order chi connectivity index (χ1) is 14.7. The van der Waals surface area contributed by atoms with Gasteiger partial charge in [-0.15, -0.1) is 0 Å². The number of aromatic nitrogens is 2. The largest absolute Gasteiger partial charge is 0.475 e. The van der Waals surface area contributed by atoms with Gasteiger partial charge >= 0.3 is 6.18 Å². The Morgan fingerprint density at radius 2 is 1.90 bits per heavy atom. The summed E-state index contributed by atoms with van der Waals surface area (Å²) in [5.74, 6) is 0.829. The number of nitrogens with zero attached hydrogens (tertiary/aromatic N) is 3. The van der Waals surface area contributed by atoms with Crippen molar-refractivity contribution in [3.8, 4) is 17.2 Å². The highest BCUT2D eigenvalue weighted by Gasteiger charge is 2.31. The van der Waals surface area contributed by atoms with Gasteiger partial charge < -0.3 is 14.1 Å². The van der Waals surface area contributed by atoms with Gasteiger partial charge in [0.1, 0.15) is 6.61 Å². The number of hydrogen-bond acceptors (Lipinski definition) is 5. The number of aryl methyl sites for hydroxylation is 1. The number of oxazole rings is 1. The molecule has 164 valence electrons. The molecule has 0 saturated heterocycles. The van der Waals surface area contributed by atoms with Crippen LogP contribution in [0.25, 0.3) is 11.3 Å². The maximum atomic E-state index is 13.3. The quantitative estimate of drug-likeness (QED) is 0.525. The number of rotatable bonds is 7. The van der Waals surface area contributed by atoms with E-state index in [1.54, 1.807) is 43.1 Å². The van der Waals surface area contributed by atoms with E-state index in [-0.39, 0.29) is 24.4 Å². The highest BCUT2D eigenvalue weighted by molar-refractivity contribution is 6.00. The molecule has 3 rings (SSSR count). The van der Waals surface area contributed by atoms with Crippen molar-refractivity contribution in [3.63, 3.8) is 0 Å². The molecular weight excluding hydrogens is 411 g/mol. The predicted molar refractivity (Wildman–Crippen MR) is 108 cm³/mol. The molecule has 2 aromatic heterocycles. The molecule has 0 bridgehead atoms. The Morgan fingerprint density at radius 1 is 1.16 bits per heavy atom. The van der Waals surface area contributed by atoms with Crippen molar-refractivity contribution in [2.45, 2.75) is 33.0 Å². The van der Waals surface area contributed by atoms with Gasteiger partial charge in [0.15, 0.2) is 11.7 Å². The van der Waals surface area contributed by atoms with E-state index in [4.69, 9.17) is 9.15 Å². The molecule has 2 heterocycles. The summed E-state index contributed by atoms with van der Waals surface area (Å²) in [7, 11) is 0. The highest BCUT2D eigenvalue weighted by atomic mass is 19.4. The van der Waals surface area contributed by atoms with Gasteiger partial charge in [-0.1, -0.05) is 18.2 Å². The number of carbonyl (C=O) groups excluding carboxylic acids is 1. The van der Waals surface area contributed by atoms with E-state index in [2.05, 4.69) is 9.97 Å². The Hall–Kier alpha value is -3.36. The van der Waals surface area contributed by atoms with Crippen LogP contribution in [0.1, 0.15) is 35.7 Å². The maximum absolute atomic E-state index is 13.3. The molecule has 6 nitrogen and oxygen atoms in total. The summed E-state index contributed by atoms with van der Waals surface area (Å²) < 4.78 is 49.1. The molecule has 0 unspecified atom stereocenters. The van der Waals surface area contributed by atoms with E-state index in [1.807, 2.05) is 13.0 Å². The molecule has 0 spiro atoms. The summed E-state index contributed by atoms with van der Waals surface area (Å²) in [6.45, 7) is 5.84. The number of halogens is 3. The third-order valence-corrected chi connectivity index (χ3v) is 4.71. The van der Waals surface area contributed by atoms with Crippen LogP contribution in [0.15, 0.2) is 53.2 Å². The lowest BCUT2D eigenvalue weighted by Gasteiger charge is -2.28. The molecule has 0 aliphatic carbocycles. The molecule has 0 radical (unpaired) electrons. The summed E-state index contributed by atoms with van der Waals surface area (Å²) in [5.41, 5.74) is 0.238. The minimum atomic E-state index is -4.46. The van der Waals surface area contributed by atoms with Crippen molar-refractivity contribution < 1.29 is 27.1 Å². The van der Waals surface area contributed by atoms with Crippen LogP contribution in [0.4, 0.5) is 13.2 Å². The number of benzene rings is 1. The minimum Gasteiger partial charge on any atom is -0.475 e. The average molecular weight is 433 g/mol. The normalized spacial score (nSPS) is 12.5. The zero-order chi connectivity index (χ0) is 22.6. The van der Waals surface area contributed by atoms with Gasteiger partial charge in [-0.3, -0.25) is 4.79 Å². The third-order valence-electron chi connectivity index (χ3n) is 4.71. The molecule has 9 heteroatoms. The molecule has 0 N–H and O–H groups in total. The molecule has 0 aliphatic heterocycles. The monoisotopic (exact) mass is 433 g/mol. The van der Waals surface area contributed by atoms with Crippen molar-refractivity contribution in [2.24, 2.45) is 0 Å². The lowest BCUT2D eigenvalue weighted by atomic mass is 10.0. The number of amides is 1. The van der Waals surface area contributed by atoms with Crippen molar-refractivity contribution >= 4 is 5.91 Å². The summed E-state index contributed by atoms with van der Waals surface area (Å²) in [6, 6.07) is 8.79. The first-order valence-electron chi connectivity index (χ1n) is 9.69. The minimum absolute atomic E-state index is 0.0564. The SMILES string of the molecule is CCN(C(=O)c1ccccc1-c1cnc(C)o1)[C@@H](C)COc1ccc(C(F)(F)F)cn1. The van der Waals surface area contributed by atoms with Crippen LogP contribution in [0.3, 0.4) is 0 Å². The van der Waals surface area contributed by atoms with Gasteiger partial charge in [0, 0.05) is 31.3 Å². The van der Waals surface area contributed by atoms with Gasteiger partial charge in [0.25, 0.3) is 5.91 Å². The third kappa shape index (κ3) is 5.22. The van der Waals surface area contributed by atoms with Gasteiger partial charge in [0.2, 0.25) is 5.88 Å². The second-order valence-electron chi connectivity index (χ2n) is 6.92. The number of ether oxygens (including phenoxy) is 1. The summed E-state index contributed by atoms with van der Waals surface area (Å²) >= 11 is 0. The summed E-state index contributed by atoms with van der Waals surface area (Å²) in [4.78, 5) is 22.7. The van der Waals surface area contributed by atoms with E-state index in [0.29, 0.717) is 29.3 Å². The zero-order valence-corrected chi connectivity index (χ0v) is 17.3. The molecule has 0 fully saturated rings. The van der Waals surface area contributed by atoms with Crippen LogP contribution in [0, 0.1) is 6.92 Å². The topological polar surface area (TPSA) is 68.5 Å². The standard InChI is InChI=1S/C22H22F3N3O3/c1-4-28(14(2)13-30-20-10-9-16(11-27-20)22(23,24)25)21(29)18-8-6-5-7-17(18)19-12-26-15(3)31-19/h5-12,14H,4,13H2,1-3H3/t14-/m0/s1. The number of alkyl halides is 3. The van der Waals surface area contributed by atoms with Crippen molar-refractivity contribution in [1.82, 2.24) is 14.9 Å². The highest BCUT2D eigenvalue weighted by Crippen LogP contribution is 2.29. The van der Waals surface area contributed by atoms with Crippen LogP contribution < -0.4 is 4.74 Å². The van der Waals surface area contributed by atoms with E-state index < -0.39 is 11.7 Å². The van der Waals surface area contributed by atoms with Gasteiger partial charge in [-0.25, -0.2) is 9.97 Å². The lowest BCUT2D eigenvalue weighted by molar-refractivity contribution is -0.137. The zero-order valence-electron chi connectivity index (χ0n) is 17.3. The first kappa shape index (κ1) is 22.3. The smallest absolute Gasteiger partial charge is 0.417 e. The number of likely N-dealkylation sites (N-methyl/N-ethyl adjacent to an activating group) is 1. The average Bonchev–Trinajstić information content (AvgIpc) is 3.18. The van der Waals surface area contributed by atoms with Crippen LogP contribution in [0.2, 0.25) is 0 Å². The van der Waals surface area contributed by atoms with E-state index in [1.165, 1.54) is 0 Å². The maximum Gasteiger partial charge on any atom is 0.417 e. The van der Waals surface area contributed by atoms with Crippen LogP contribution >= 0.6 is 0 Å². The molecule has 1 aromatic carbocycles. The fourth-order valence-electron chi connectivity index (χ4n) is 3.11. The molecule has 0 saturated carbocycles. The first-order valence-corrected chi connectivity index (χ1v) is 9.69. The number of carbonyl (C=O) groups is 1. The second-order valence-corrected chi connectivity index (χ2v) is 6.92. The number of hydrogen-bond donors (Lipinski definition) is 0. The Labute approximate surface area is 177 Å². The fourth-order valence-corrected chi connectivity index (χ4v) is 3.11. The van der Waals surface area contributed by atoms with Crippen molar-refractivity contribution in [3.05, 3.63) is 65.8 Å². The Morgan fingerprint density at radius 3 is 2.48 bits per heavy atom. The lowest BCUT2D eigenvalue weighted by Crippen LogP contribution is -2.42. The van der Waals surface area contributed by atoms with E-state index >= 15 is 0 Å². The van der Waals surface area contributed by atoms with Gasteiger partial charge in [-0.05, 0) is 26.0 Å². The van der Waals surface area contributed by atoms with Gasteiger partial charge in [0.05, 0.1) is 23.4 Å².